The van der Waals surface area contributed by atoms with Gasteiger partial charge in [0.25, 0.3) is 17.7 Å². The molecule has 0 spiro atoms. The highest BCUT2D eigenvalue weighted by molar-refractivity contribution is 14.1. The van der Waals surface area contributed by atoms with Crippen LogP contribution >= 0.6 is 61.7 Å². The van der Waals surface area contributed by atoms with Crippen LogP contribution in [0.5, 0.6) is 11.5 Å². The number of carbonyl (C=O) groups excluding carboxylic acids is 4. The van der Waals surface area contributed by atoms with Crippen LogP contribution in [0.15, 0.2) is 64.6 Å². The first-order chi connectivity index (χ1) is 19.1. The lowest BCUT2D eigenvalue weighted by molar-refractivity contribution is -0.122. The second kappa shape index (κ2) is 13.0. The van der Waals surface area contributed by atoms with Gasteiger partial charge in [-0.2, -0.15) is 0 Å². The van der Waals surface area contributed by atoms with Gasteiger partial charge in [0.15, 0.2) is 18.1 Å². The van der Waals surface area contributed by atoms with Crippen molar-refractivity contribution >= 4 is 103 Å². The van der Waals surface area contributed by atoms with Gasteiger partial charge in [-0.15, -0.1) is 0 Å². The number of carbonyl (C=O) groups is 4. The second-order valence-electron chi connectivity index (χ2n) is 8.16. The zero-order valence-electron chi connectivity index (χ0n) is 20.6. The predicted molar refractivity (Wildman–Crippen MR) is 164 cm³/mol. The molecule has 4 rings (SSSR count). The molecule has 206 valence electrons. The number of rotatable bonds is 8. The molecule has 1 saturated heterocycles. The zero-order valence-corrected chi connectivity index (χ0v) is 25.9. The van der Waals surface area contributed by atoms with E-state index in [0.29, 0.717) is 42.1 Å². The number of hydrogen-bond acceptors (Lipinski definition) is 6. The first kappa shape index (κ1) is 29.8. The highest BCUT2D eigenvalue weighted by Crippen LogP contribution is 2.35. The molecule has 5 amide bonds. The number of urea groups is 1. The molecule has 0 saturated carbocycles. The van der Waals surface area contributed by atoms with E-state index in [-0.39, 0.29) is 18.8 Å². The van der Waals surface area contributed by atoms with Gasteiger partial charge in [-0.3, -0.25) is 19.7 Å². The maximum absolute atomic E-state index is 13.2. The third kappa shape index (κ3) is 6.95. The van der Waals surface area contributed by atoms with E-state index in [9.17, 15) is 19.2 Å². The molecule has 0 aromatic heterocycles. The molecule has 0 unspecified atom stereocenters. The van der Waals surface area contributed by atoms with Crippen LogP contribution in [0.4, 0.5) is 16.2 Å². The molecule has 2 N–H and O–H groups in total. The van der Waals surface area contributed by atoms with Crippen LogP contribution in [0.3, 0.4) is 0 Å². The van der Waals surface area contributed by atoms with Gasteiger partial charge >= 0.3 is 6.03 Å². The maximum Gasteiger partial charge on any atom is 0.335 e. The predicted octanol–water partition coefficient (Wildman–Crippen LogP) is 6.44. The van der Waals surface area contributed by atoms with Crippen molar-refractivity contribution in [2.45, 2.75) is 6.92 Å². The van der Waals surface area contributed by atoms with E-state index in [0.717, 1.165) is 9.37 Å². The SMILES string of the molecule is CCOc1cc(/C=C2\C(=O)NC(=O)N(c3ccc(Br)cc3)C2=O)cc(I)c1OCC(=O)Nc1ccc(Cl)c(Cl)c1. The lowest BCUT2D eigenvalue weighted by Gasteiger charge is -2.26. The van der Waals surface area contributed by atoms with Crippen LogP contribution < -0.4 is 25.0 Å². The molecule has 1 heterocycles. The fraction of sp³-hybridized carbons (Fsp3) is 0.111. The molecule has 1 aliphatic rings. The summed E-state index contributed by atoms with van der Waals surface area (Å²) in [6, 6.07) is 13.6. The standard InChI is InChI=1S/C27H19BrCl2IN3O6/c1-2-39-22-11-14(9-18-25(36)33-27(38)34(26(18)37)17-6-3-15(28)4-7-17)10-21(31)24(22)40-13-23(35)32-16-5-8-19(29)20(30)12-16/h3-12H,2,13H2,1H3,(H,32,35)(H,33,36,38)/b18-9+. The van der Waals surface area contributed by atoms with Crippen molar-refractivity contribution in [1.29, 1.82) is 0 Å². The number of hydrogen-bond donors (Lipinski definition) is 2. The molecule has 0 bridgehead atoms. The van der Waals surface area contributed by atoms with Crippen LogP contribution in [0.1, 0.15) is 12.5 Å². The Kier molecular flexibility index (Phi) is 9.72. The molecule has 3 aromatic rings. The van der Waals surface area contributed by atoms with Gasteiger partial charge in [-0.1, -0.05) is 39.1 Å². The molecule has 1 fully saturated rings. The van der Waals surface area contributed by atoms with Gasteiger partial charge in [0.2, 0.25) is 0 Å². The molecule has 3 aromatic carbocycles. The summed E-state index contributed by atoms with van der Waals surface area (Å²) in [6.45, 7) is 1.73. The lowest BCUT2D eigenvalue weighted by atomic mass is 10.1. The van der Waals surface area contributed by atoms with E-state index in [1.807, 2.05) is 22.6 Å². The Morgan fingerprint density at radius 1 is 1.05 bits per heavy atom. The third-order valence-corrected chi connectivity index (χ3v) is 7.45. The number of anilines is 2. The van der Waals surface area contributed by atoms with Gasteiger partial charge in [0.1, 0.15) is 5.57 Å². The summed E-state index contributed by atoms with van der Waals surface area (Å²) >= 11 is 17.2. The third-order valence-electron chi connectivity index (χ3n) is 5.38. The van der Waals surface area contributed by atoms with Gasteiger partial charge < -0.3 is 14.8 Å². The van der Waals surface area contributed by atoms with Crippen molar-refractivity contribution in [2.24, 2.45) is 0 Å². The van der Waals surface area contributed by atoms with Crippen LogP contribution in [-0.2, 0) is 14.4 Å². The van der Waals surface area contributed by atoms with E-state index in [4.69, 9.17) is 32.7 Å². The van der Waals surface area contributed by atoms with Crippen LogP contribution in [-0.4, -0.2) is 37.0 Å². The molecule has 1 aliphatic heterocycles. The maximum atomic E-state index is 13.2. The summed E-state index contributed by atoms with van der Waals surface area (Å²) in [5, 5.41) is 5.53. The number of nitrogens with one attached hydrogen (secondary N) is 2. The summed E-state index contributed by atoms with van der Waals surface area (Å²) in [7, 11) is 0. The fourth-order valence-electron chi connectivity index (χ4n) is 3.63. The summed E-state index contributed by atoms with van der Waals surface area (Å²) in [6.07, 6.45) is 1.36. The number of ether oxygens (including phenoxy) is 2. The van der Waals surface area contributed by atoms with Crippen molar-refractivity contribution in [3.8, 4) is 11.5 Å². The van der Waals surface area contributed by atoms with E-state index in [2.05, 4.69) is 26.6 Å². The zero-order chi connectivity index (χ0) is 29.0. The monoisotopic (exact) mass is 757 g/mol. The normalized spacial score (nSPS) is 14.3. The van der Waals surface area contributed by atoms with Crippen molar-refractivity contribution in [3.63, 3.8) is 0 Å². The lowest BCUT2D eigenvalue weighted by Crippen LogP contribution is -2.54. The number of nitrogens with zero attached hydrogens (tertiary/aromatic N) is 1. The molecular formula is C27H19BrCl2IN3O6. The largest absolute Gasteiger partial charge is 0.490 e. The number of benzene rings is 3. The number of halogens is 4. The average molecular weight is 759 g/mol. The number of imide groups is 2. The summed E-state index contributed by atoms with van der Waals surface area (Å²) in [4.78, 5) is 51.6. The summed E-state index contributed by atoms with van der Waals surface area (Å²) in [5.41, 5.74) is 0.965. The minimum atomic E-state index is -0.845. The van der Waals surface area contributed by atoms with E-state index < -0.39 is 23.8 Å². The quantitative estimate of drug-likeness (QED) is 0.155. The fourth-order valence-corrected chi connectivity index (χ4v) is 4.98. The van der Waals surface area contributed by atoms with Gasteiger partial charge in [0.05, 0.1) is 25.9 Å². The molecule has 40 heavy (non-hydrogen) atoms. The Hall–Kier alpha value is -3.13. The molecule has 0 atom stereocenters. The van der Waals surface area contributed by atoms with Gasteiger partial charge in [-0.25, -0.2) is 9.69 Å². The van der Waals surface area contributed by atoms with Gasteiger partial charge in [-0.05, 0) is 95.8 Å². The highest BCUT2D eigenvalue weighted by Gasteiger charge is 2.36. The van der Waals surface area contributed by atoms with E-state index >= 15 is 0 Å². The van der Waals surface area contributed by atoms with Crippen molar-refractivity contribution in [3.05, 3.63) is 83.8 Å². The van der Waals surface area contributed by atoms with Crippen LogP contribution in [0.25, 0.3) is 6.08 Å². The van der Waals surface area contributed by atoms with Crippen LogP contribution in [0.2, 0.25) is 10.0 Å². The molecule has 9 nitrogen and oxygen atoms in total. The van der Waals surface area contributed by atoms with Crippen LogP contribution in [0, 0.1) is 3.57 Å². The summed E-state index contributed by atoms with van der Waals surface area (Å²) in [5.74, 6) is -1.43. The minimum absolute atomic E-state index is 0.240. The highest BCUT2D eigenvalue weighted by atomic mass is 127. The average Bonchev–Trinajstić information content (AvgIpc) is 2.89. The smallest absolute Gasteiger partial charge is 0.335 e. The molecule has 0 aliphatic carbocycles. The molecule has 13 heteroatoms. The Morgan fingerprint density at radius 3 is 2.45 bits per heavy atom. The minimum Gasteiger partial charge on any atom is -0.490 e. The second-order valence-corrected chi connectivity index (χ2v) is 11.1. The molecule has 0 radical (unpaired) electrons. The first-order valence-corrected chi connectivity index (χ1v) is 14.2. The van der Waals surface area contributed by atoms with Crippen molar-refractivity contribution < 1.29 is 28.7 Å². The topological polar surface area (TPSA) is 114 Å². The summed E-state index contributed by atoms with van der Waals surface area (Å²) < 4.78 is 12.8. The van der Waals surface area contributed by atoms with E-state index in [1.165, 1.54) is 12.1 Å². The number of barbiturate groups is 1. The Bertz CT molecular complexity index is 1550. The van der Waals surface area contributed by atoms with E-state index in [1.54, 1.807) is 55.5 Å². The first-order valence-electron chi connectivity index (χ1n) is 11.6. The van der Waals surface area contributed by atoms with Gasteiger partial charge in [0, 0.05) is 10.2 Å². The molecular weight excluding hydrogens is 740 g/mol. The van der Waals surface area contributed by atoms with Crippen molar-refractivity contribution in [2.75, 3.05) is 23.4 Å². The Balaban J connectivity index is 1.57. The number of amides is 5. The Morgan fingerprint density at radius 2 is 1.77 bits per heavy atom. The Labute approximate surface area is 261 Å². The van der Waals surface area contributed by atoms with Crippen molar-refractivity contribution in [1.82, 2.24) is 5.32 Å².